The maximum absolute atomic E-state index is 5.71. The molecule has 0 unspecified atom stereocenters. The van der Waals surface area contributed by atoms with Crippen LogP contribution in [0.15, 0.2) is 6.07 Å². The molecular formula is C11H21N5. The van der Waals surface area contributed by atoms with Crippen molar-refractivity contribution in [3.8, 4) is 0 Å². The average Bonchev–Trinajstić information content (AvgIpc) is 2.16. The van der Waals surface area contributed by atoms with Crippen LogP contribution in [-0.2, 0) is 5.41 Å². The van der Waals surface area contributed by atoms with E-state index >= 15 is 0 Å². The number of hydrogen-bond donors (Lipinski definition) is 2. The quantitative estimate of drug-likeness (QED) is 0.790. The van der Waals surface area contributed by atoms with Gasteiger partial charge in [-0.2, -0.15) is 4.98 Å². The van der Waals surface area contributed by atoms with Gasteiger partial charge in [-0.3, -0.25) is 0 Å². The number of nitrogens with two attached hydrogens (primary N) is 2. The SMILES string of the molecule is CN(CCN)c1cc(C(C)(C)C)nc(N)n1. The fraction of sp³-hybridized carbons (Fsp3) is 0.636. The van der Waals surface area contributed by atoms with Crippen LogP contribution in [0.25, 0.3) is 0 Å². The van der Waals surface area contributed by atoms with Gasteiger partial charge in [-0.25, -0.2) is 4.98 Å². The number of rotatable bonds is 3. The van der Waals surface area contributed by atoms with Gasteiger partial charge in [0.25, 0.3) is 0 Å². The Bertz CT molecular complexity index is 356. The zero-order valence-corrected chi connectivity index (χ0v) is 10.5. The van der Waals surface area contributed by atoms with Crippen LogP contribution >= 0.6 is 0 Å². The molecule has 0 fully saturated rings. The molecule has 1 aromatic heterocycles. The standard InChI is InChI=1S/C11H21N5/c1-11(2,3)8-7-9(15-10(13)14-8)16(4)6-5-12/h7H,5-6,12H2,1-4H3,(H2,13,14,15). The van der Waals surface area contributed by atoms with Crippen LogP contribution in [0.5, 0.6) is 0 Å². The van der Waals surface area contributed by atoms with Gasteiger partial charge >= 0.3 is 0 Å². The van der Waals surface area contributed by atoms with Crippen LogP contribution in [0.4, 0.5) is 11.8 Å². The highest BCUT2D eigenvalue weighted by atomic mass is 15.2. The van der Waals surface area contributed by atoms with E-state index in [-0.39, 0.29) is 5.41 Å². The van der Waals surface area contributed by atoms with E-state index in [4.69, 9.17) is 11.5 Å². The van der Waals surface area contributed by atoms with Crippen molar-refractivity contribution < 1.29 is 0 Å². The van der Waals surface area contributed by atoms with Crippen molar-refractivity contribution in [1.29, 1.82) is 0 Å². The van der Waals surface area contributed by atoms with Crippen LogP contribution < -0.4 is 16.4 Å². The number of nitrogens with zero attached hydrogens (tertiary/aromatic N) is 3. The van der Waals surface area contributed by atoms with Gasteiger partial charge in [-0.15, -0.1) is 0 Å². The molecule has 0 radical (unpaired) electrons. The largest absolute Gasteiger partial charge is 0.368 e. The molecule has 0 aliphatic heterocycles. The first kappa shape index (κ1) is 12.7. The van der Waals surface area contributed by atoms with E-state index in [1.54, 1.807) is 0 Å². The molecule has 0 aliphatic carbocycles. The minimum absolute atomic E-state index is 0.0324. The summed E-state index contributed by atoms with van der Waals surface area (Å²) in [4.78, 5) is 10.4. The molecule has 0 aliphatic rings. The number of hydrogen-bond acceptors (Lipinski definition) is 5. The van der Waals surface area contributed by atoms with E-state index in [1.807, 2.05) is 18.0 Å². The Morgan fingerprint density at radius 1 is 1.31 bits per heavy atom. The molecular weight excluding hydrogens is 202 g/mol. The summed E-state index contributed by atoms with van der Waals surface area (Å²) in [5.41, 5.74) is 12.1. The normalized spacial score (nSPS) is 11.6. The summed E-state index contributed by atoms with van der Waals surface area (Å²) >= 11 is 0. The van der Waals surface area contributed by atoms with Crippen molar-refractivity contribution in [2.24, 2.45) is 5.73 Å². The summed E-state index contributed by atoms with van der Waals surface area (Å²) in [6.45, 7) is 7.63. The number of likely N-dealkylation sites (N-methyl/N-ethyl adjacent to an activating group) is 1. The minimum atomic E-state index is -0.0324. The Hall–Kier alpha value is -1.36. The molecule has 4 N–H and O–H groups in total. The third-order valence-electron chi connectivity index (χ3n) is 2.35. The lowest BCUT2D eigenvalue weighted by atomic mass is 9.92. The second-order valence-corrected chi connectivity index (χ2v) is 4.93. The number of anilines is 2. The second-order valence-electron chi connectivity index (χ2n) is 4.93. The van der Waals surface area contributed by atoms with Crippen LogP contribution in [0.3, 0.4) is 0 Å². The van der Waals surface area contributed by atoms with E-state index in [1.165, 1.54) is 0 Å². The molecule has 1 aromatic rings. The van der Waals surface area contributed by atoms with Crippen LogP contribution in [0, 0.1) is 0 Å². The Balaban J connectivity index is 3.08. The predicted molar refractivity (Wildman–Crippen MR) is 67.5 cm³/mol. The molecule has 1 heterocycles. The molecule has 1 rings (SSSR count). The first-order valence-corrected chi connectivity index (χ1v) is 5.41. The van der Waals surface area contributed by atoms with Gasteiger partial charge in [-0.05, 0) is 0 Å². The molecule has 0 saturated carbocycles. The molecule has 0 atom stereocenters. The number of nitrogen functional groups attached to an aromatic ring is 1. The Morgan fingerprint density at radius 2 is 1.94 bits per heavy atom. The molecule has 16 heavy (non-hydrogen) atoms. The highest BCUT2D eigenvalue weighted by molar-refractivity contribution is 5.44. The number of aromatic nitrogens is 2. The summed E-state index contributed by atoms with van der Waals surface area (Å²) in [6, 6.07) is 1.96. The van der Waals surface area contributed by atoms with Crippen molar-refractivity contribution in [3.05, 3.63) is 11.8 Å². The third kappa shape index (κ3) is 3.06. The van der Waals surface area contributed by atoms with Crippen LogP contribution in [0.2, 0.25) is 0 Å². The molecule has 0 bridgehead atoms. The van der Waals surface area contributed by atoms with E-state index in [2.05, 4.69) is 30.7 Å². The predicted octanol–water partition coefficient (Wildman–Crippen LogP) is 0.751. The summed E-state index contributed by atoms with van der Waals surface area (Å²) in [7, 11) is 1.95. The van der Waals surface area contributed by atoms with Crippen molar-refractivity contribution in [3.63, 3.8) is 0 Å². The lowest BCUT2D eigenvalue weighted by Crippen LogP contribution is -2.27. The van der Waals surface area contributed by atoms with Crippen molar-refractivity contribution in [1.82, 2.24) is 9.97 Å². The molecule has 90 valence electrons. The Kier molecular flexibility index (Phi) is 3.70. The fourth-order valence-electron chi connectivity index (χ4n) is 1.34. The fourth-order valence-corrected chi connectivity index (χ4v) is 1.34. The second kappa shape index (κ2) is 4.65. The maximum Gasteiger partial charge on any atom is 0.222 e. The first-order valence-electron chi connectivity index (χ1n) is 5.41. The highest BCUT2D eigenvalue weighted by Gasteiger charge is 2.18. The van der Waals surface area contributed by atoms with Gasteiger partial charge in [0.15, 0.2) is 0 Å². The molecule has 0 saturated heterocycles. The van der Waals surface area contributed by atoms with E-state index in [0.29, 0.717) is 12.5 Å². The van der Waals surface area contributed by atoms with Gasteiger partial charge < -0.3 is 16.4 Å². The summed E-state index contributed by atoms with van der Waals surface area (Å²) in [6.07, 6.45) is 0. The first-order chi connectivity index (χ1) is 7.34. The zero-order valence-electron chi connectivity index (χ0n) is 10.5. The van der Waals surface area contributed by atoms with E-state index in [0.717, 1.165) is 18.1 Å². The van der Waals surface area contributed by atoms with Gasteiger partial charge in [0.2, 0.25) is 5.95 Å². The van der Waals surface area contributed by atoms with Crippen LogP contribution in [-0.4, -0.2) is 30.1 Å². The summed E-state index contributed by atoms with van der Waals surface area (Å²) in [5.74, 6) is 1.13. The Morgan fingerprint density at radius 3 is 2.44 bits per heavy atom. The monoisotopic (exact) mass is 223 g/mol. The molecule has 5 nitrogen and oxygen atoms in total. The third-order valence-corrected chi connectivity index (χ3v) is 2.35. The van der Waals surface area contributed by atoms with E-state index < -0.39 is 0 Å². The Labute approximate surface area is 96.9 Å². The van der Waals surface area contributed by atoms with Crippen molar-refractivity contribution in [2.45, 2.75) is 26.2 Å². The highest BCUT2D eigenvalue weighted by Crippen LogP contribution is 2.23. The van der Waals surface area contributed by atoms with Gasteiger partial charge in [-0.1, -0.05) is 20.8 Å². The minimum Gasteiger partial charge on any atom is -0.368 e. The maximum atomic E-state index is 5.71. The van der Waals surface area contributed by atoms with Crippen molar-refractivity contribution >= 4 is 11.8 Å². The van der Waals surface area contributed by atoms with E-state index in [9.17, 15) is 0 Å². The molecule has 5 heteroatoms. The van der Waals surface area contributed by atoms with Crippen molar-refractivity contribution in [2.75, 3.05) is 30.8 Å². The summed E-state index contributed by atoms with van der Waals surface area (Å²) < 4.78 is 0. The van der Waals surface area contributed by atoms with Gasteiger partial charge in [0.05, 0.1) is 5.69 Å². The lowest BCUT2D eigenvalue weighted by molar-refractivity contribution is 0.568. The van der Waals surface area contributed by atoms with Gasteiger partial charge in [0.1, 0.15) is 5.82 Å². The summed E-state index contributed by atoms with van der Waals surface area (Å²) in [5, 5.41) is 0. The lowest BCUT2D eigenvalue weighted by Gasteiger charge is -2.22. The molecule has 0 aromatic carbocycles. The van der Waals surface area contributed by atoms with Gasteiger partial charge in [0, 0.05) is 31.6 Å². The topological polar surface area (TPSA) is 81.1 Å². The average molecular weight is 223 g/mol. The van der Waals surface area contributed by atoms with Crippen LogP contribution in [0.1, 0.15) is 26.5 Å². The molecule has 0 spiro atoms. The zero-order chi connectivity index (χ0) is 12.3. The molecule has 0 amide bonds. The smallest absolute Gasteiger partial charge is 0.222 e.